The van der Waals surface area contributed by atoms with Crippen LogP contribution in [0, 0.1) is 0 Å². The van der Waals surface area contributed by atoms with Crippen LogP contribution in [0.25, 0.3) is 0 Å². The lowest BCUT2D eigenvalue weighted by Gasteiger charge is -2.35. The van der Waals surface area contributed by atoms with Crippen LogP contribution >= 0.6 is 0 Å². The molecule has 0 amide bonds. The number of alkyl halides is 12. The first-order chi connectivity index (χ1) is 11.1. The molecule has 0 radical (unpaired) electrons. The van der Waals surface area contributed by atoms with Crippen molar-refractivity contribution in [2.24, 2.45) is 0 Å². The van der Waals surface area contributed by atoms with Gasteiger partial charge in [-0.2, -0.15) is 35.1 Å². The standard InChI is InChI=1S/C8H8F12O4Si/c9-1-5(13,14)21-25(22-6(15,16)2-10,23-7(17,18)3-11)24-8(19,20)4-12/h1-4H2. The second-order valence-corrected chi connectivity index (χ2v) is 5.81. The van der Waals surface area contributed by atoms with Crippen LogP contribution in [-0.4, -0.2) is 60.2 Å². The largest absolute Gasteiger partial charge is 0.697 e. The van der Waals surface area contributed by atoms with Gasteiger partial charge < -0.3 is 0 Å². The van der Waals surface area contributed by atoms with Crippen LogP contribution in [0.4, 0.5) is 52.7 Å². The van der Waals surface area contributed by atoms with Gasteiger partial charge in [-0.25, -0.2) is 17.6 Å². The van der Waals surface area contributed by atoms with E-state index in [0.717, 1.165) is 0 Å². The van der Waals surface area contributed by atoms with E-state index in [9.17, 15) is 52.7 Å². The molecule has 0 heterocycles. The van der Waals surface area contributed by atoms with Gasteiger partial charge in [0.2, 0.25) is 0 Å². The molecule has 4 nitrogen and oxygen atoms in total. The zero-order valence-corrected chi connectivity index (χ0v) is 12.5. The Morgan fingerprint density at radius 1 is 0.440 bits per heavy atom. The van der Waals surface area contributed by atoms with Crippen LogP contribution < -0.4 is 0 Å². The molecule has 0 rings (SSSR count). The van der Waals surface area contributed by atoms with Crippen molar-refractivity contribution >= 4 is 9.05 Å². The van der Waals surface area contributed by atoms with Gasteiger partial charge in [-0.05, 0) is 0 Å². The van der Waals surface area contributed by atoms with Crippen molar-refractivity contribution < 1.29 is 70.4 Å². The van der Waals surface area contributed by atoms with Gasteiger partial charge >= 0.3 is 33.5 Å². The highest BCUT2D eigenvalue weighted by Crippen LogP contribution is 2.37. The third-order valence-electron chi connectivity index (χ3n) is 1.72. The summed E-state index contributed by atoms with van der Waals surface area (Å²) in [5.41, 5.74) is 0. The summed E-state index contributed by atoms with van der Waals surface area (Å²) in [4.78, 5) is 0. The first-order valence-electron chi connectivity index (χ1n) is 5.63. The molecule has 0 saturated carbocycles. The van der Waals surface area contributed by atoms with Gasteiger partial charge in [0.1, 0.15) is 0 Å². The smallest absolute Gasteiger partial charge is 0.288 e. The Morgan fingerprint density at radius 3 is 0.720 bits per heavy atom. The Kier molecular flexibility index (Phi) is 8.01. The molecule has 0 N–H and O–H groups in total. The topological polar surface area (TPSA) is 36.9 Å². The van der Waals surface area contributed by atoms with Gasteiger partial charge in [0, 0.05) is 0 Å². The van der Waals surface area contributed by atoms with Gasteiger partial charge in [0.25, 0.3) is 0 Å². The minimum absolute atomic E-state index is 2.91. The van der Waals surface area contributed by atoms with Crippen molar-refractivity contribution in [1.82, 2.24) is 0 Å². The summed E-state index contributed by atoms with van der Waals surface area (Å²) in [5, 5.41) is 0. The van der Waals surface area contributed by atoms with Gasteiger partial charge in [0.15, 0.2) is 26.7 Å². The van der Waals surface area contributed by atoms with E-state index < -0.39 is 60.2 Å². The second-order valence-electron chi connectivity index (χ2n) is 3.99. The number of rotatable bonds is 12. The van der Waals surface area contributed by atoms with Crippen molar-refractivity contribution in [1.29, 1.82) is 0 Å². The van der Waals surface area contributed by atoms with Crippen molar-refractivity contribution in [3.8, 4) is 0 Å². The molecule has 0 bridgehead atoms. The SMILES string of the molecule is FCC(F)(F)O[Si](OC(F)(F)CF)(OC(F)(F)CF)OC(F)(F)CF. The van der Waals surface area contributed by atoms with Gasteiger partial charge in [-0.1, -0.05) is 0 Å². The van der Waals surface area contributed by atoms with Crippen LogP contribution in [0.3, 0.4) is 0 Å². The summed E-state index contributed by atoms with van der Waals surface area (Å²) in [6, 6.07) is 0. The zero-order valence-electron chi connectivity index (χ0n) is 11.5. The molecule has 0 aromatic rings. The zero-order chi connectivity index (χ0) is 20.2. The summed E-state index contributed by atoms with van der Waals surface area (Å²) in [7, 11) is -7.38. The molecule has 0 unspecified atom stereocenters. The molecule has 152 valence electrons. The molecule has 17 heteroatoms. The molecule has 0 aliphatic carbocycles. The molecule has 0 aromatic carbocycles. The average Bonchev–Trinajstić information content (AvgIpc) is 2.45. The quantitative estimate of drug-likeness (QED) is 0.354. The Balaban J connectivity index is 6.09. The van der Waals surface area contributed by atoms with Crippen LogP contribution in [0.5, 0.6) is 0 Å². The fourth-order valence-electron chi connectivity index (χ4n) is 0.966. The summed E-state index contributed by atoms with van der Waals surface area (Å²) >= 11 is 0. The Labute approximate surface area is 132 Å². The van der Waals surface area contributed by atoms with Crippen LogP contribution in [0.2, 0.25) is 0 Å². The van der Waals surface area contributed by atoms with Crippen molar-refractivity contribution in [3.05, 3.63) is 0 Å². The van der Waals surface area contributed by atoms with Crippen molar-refractivity contribution in [2.45, 2.75) is 24.4 Å². The monoisotopic (exact) mass is 424 g/mol. The molecular weight excluding hydrogens is 416 g/mol. The lowest BCUT2D eigenvalue weighted by molar-refractivity contribution is -0.343. The Morgan fingerprint density at radius 2 is 0.600 bits per heavy atom. The minimum Gasteiger partial charge on any atom is -0.288 e. The fraction of sp³-hybridized carbons (Fsp3) is 1.00. The minimum atomic E-state index is -7.38. The van der Waals surface area contributed by atoms with E-state index in [4.69, 9.17) is 0 Å². The molecule has 0 aliphatic rings. The predicted molar refractivity (Wildman–Crippen MR) is 53.8 cm³/mol. The van der Waals surface area contributed by atoms with E-state index in [-0.39, 0.29) is 0 Å². The number of hydrogen-bond donors (Lipinski definition) is 0. The predicted octanol–water partition coefficient (Wildman–Crippen LogP) is 3.74. The lowest BCUT2D eigenvalue weighted by Crippen LogP contribution is -2.62. The molecule has 0 atom stereocenters. The summed E-state index contributed by atoms with van der Waals surface area (Å²) in [5.74, 6) is 0. The maximum Gasteiger partial charge on any atom is 0.697 e. The summed E-state index contributed by atoms with van der Waals surface area (Å²) < 4.78 is 163. The van der Waals surface area contributed by atoms with E-state index in [1.165, 1.54) is 0 Å². The molecule has 0 aliphatic heterocycles. The highest BCUT2D eigenvalue weighted by atomic mass is 28.4. The first kappa shape index (κ1) is 24.2. The maximum atomic E-state index is 12.9. The molecule has 0 spiro atoms. The lowest BCUT2D eigenvalue weighted by atomic mass is 10.7. The fourth-order valence-corrected chi connectivity index (χ4v) is 2.90. The van der Waals surface area contributed by atoms with E-state index in [1.54, 1.807) is 0 Å². The van der Waals surface area contributed by atoms with Crippen molar-refractivity contribution in [3.63, 3.8) is 0 Å². The van der Waals surface area contributed by atoms with Crippen LogP contribution in [0.15, 0.2) is 0 Å². The number of hydrogen-bond acceptors (Lipinski definition) is 4. The van der Waals surface area contributed by atoms with Crippen LogP contribution in [0.1, 0.15) is 0 Å². The Bertz CT molecular complexity index is 344. The van der Waals surface area contributed by atoms with Gasteiger partial charge in [-0.3, -0.25) is 17.7 Å². The molecule has 0 fully saturated rings. The molecule has 0 saturated heterocycles. The number of halogens is 12. The van der Waals surface area contributed by atoms with E-state index in [2.05, 4.69) is 17.7 Å². The highest BCUT2D eigenvalue weighted by Gasteiger charge is 2.67. The van der Waals surface area contributed by atoms with E-state index >= 15 is 0 Å². The molecule has 0 aromatic heterocycles. The van der Waals surface area contributed by atoms with Gasteiger partial charge in [-0.15, -0.1) is 0 Å². The Hall–Kier alpha value is -0.783. The average molecular weight is 424 g/mol. The van der Waals surface area contributed by atoms with Gasteiger partial charge in [0.05, 0.1) is 0 Å². The third kappa shape index (κ3) is 8.43. The first-order valence-corrected chi connectivity index (χ1v) is 7.26. The van der Waals surface area contributed by atoms with E-state index in [0.29, 0.717) is 0 Å². The summed E-state index contributed by atoms with van der Waals surface area (Å²) in [6.45, 7) is -12.0. The van der Waals surface area contributed by atoms with Crippen LogP contribution in [-0.2, 0) is 17.7 Å². The highest BCUT2D eigenvalue weighted by molar-refractivity contribution is 6.54. The normalized spacial score (nSPS) is 14.9. The third-order valence-corrected chi connectivity index (χ3v) is 3.91. The molecular formula is C8H8F12O4Si. The van der Waals surface area contributed by atoms with E-state index in [1.807, 2.05) is 0 Å². The van der Waals surface area contributed by atoms with Crippen molar-refractivity contribution in [2.75, 3.05) is 26.7 Å². The maximum absolute atomic E-state index is 12.9. The molecule has 25 heavy (non-hydrogen) atoms. The second kappa shape index (κ2) is 8.27. The summed E-state index contributed by atoms with van der Waals surface area (Å²) in [6.07, 6.45) is -21.7.